The van der Waals surface area contributed by atoms with Crippen LogP contribution in [0.4, 0.5) is 0 Å². The van der Waals surface area contributed by atoms with Gasteiger partial charge in [0.1, 0.15) is 0 Å². The van der Waals surface area contributed by atoms with Crippen LogP contribution in [-0.4, -0.2) is 21.0 Å². The van der Waals surface area contributed by atoms with Gasteiger partial charge in [-0.3, -0.25) is 4.18 Å². The Labute approximate surface area is 50.2 Å². The Morgan fingerprint density at radius 3 is 2.38 bits per heavy atom. The highest BCUT2D eigenvalue weighted by atomic mass is 32.3. The maximum Gasteiger partial charge on any atom is 0.0839 e. The summed E-state index contributed by atoms with van der Waals surface area (Å²) in [7, 11) is -2.60. The number of hydrogen-bond acceptors (Lipinski definition) is 3. The van der Waals surface area contributed by atoms with Crippen molar-refractivity contribution in [3.63, 3.8) is 0 Å². The molecule has 1 saturated heterocycles. The average molecular weight is 138 g/mol. The summed E-state index contributed by atoms with van der Waals surface area (Å²) in [6.07, 6.45) is 0.794. The zero-order chi connectivity index (χ0) is 6.20. The van der Waals surface area contributed by atoms with E-state index in [0.29, 0.717) is 5.75 Å². The summed E-state index contributed by atoms with van der Waals surface area (Å²) >= 11 is 0. The molecule has 1 atom stereocenters. The van der Waals surface area contributed by atoms with E-state index in [1.54, 1.807) is 0 Å². The molecule has 1 fully saturated rings. The van der Waals surface area contributed by atoms with Crippen LogP contribution in [0.1, 0.15) is 13.3 Å². The van der Waals surface area contributed by atoms with E-state index in [4.69, 9.17) is 13.3 Å². The van der Waals surface area contributed by atoms with Crippen LogP contribution in [0.15, 0.2) is 0 Å². The monoisotopic (exact) mass is 138 g/mol. The van der Waals surface area contributed by atoms with Crippen molar-refractivity contribution in [1.29, 1.82) is 0 Å². The first-order valence-corrected chi connectivity index (χ1v) is 4.18. The SMILES string of the molecule is CC1CCS(O)(O)O1. The lowest BCUT2D eigenvalue weighted by Crippen LogP contribution is -1.99. The van der Waals surface area contributed by atoms with Gasteiger partial charge in [-0.15, -0.1) is 0 Å². The Kier molecular flexibility index (Phi) is 1.49. The molecule has 0 radical (unpaired) electrons. The lowest BCUT2D eigenvalue weighted by atomic mass is 10.3. The molecule has 4 heteroatoms. The highest BCUT2D eigenvalue weighted by molar-refractivity contribution is 8.20. The van der Waals surface area contributed by atoms with Gasteiger partial charge in [0, 0.05) is 5.75 Å². The van der Waals surface area contributed by atoms with Crippen molar-refractivity contribution >= 4 is 10.9 Å². The zero-order valence-electron chi connectivity index (χ0n) is 4.70. The Morgan fingerprint density at radius 2 is 2.25 bits per heavy atom. The second kappa shape index (κ2) is 1.88. The summed E-state index contributed by atoms with van der Waals surface area (Å²) in [5, 5.41) is 0. The molecule has 0 aliphatic carbocycles. The third kappa shape index (κ3) is 1.35. The molecule has 8 heavy (non-hydrogen) atoms. The van der Waals surface area contributed by atoms with Gasteiger partial charge in [0.25, 0.3) is 0 Å². The highest BCUT2D eigenvalue weighted by Crippen LogP contribution is 2.47. The fourth-order valence-electron chi connectivity index (χ4n) is 0.679. The lowest BCUT2D eigenvalue weighted by Gasteiger charge is -2.18. The third-order valence-corrected chi connectivity index (χ3v) is 2.51. The maximum atomic E-state index is 8.78. The van der Waals surface area contributed by atoms with Crippen LogP contribution in [0.25, 0.3) is 0 Å². The molecule has 50 valence electrons. The largest absolute Gasteiger partial charge is 0.308 e. The Morgan fingerprint density at radius 1 is 1.62 bits per heavy atom. The standard InChI is InChI=1S/C4H10O3S/c1-4-2-3-8(5,6)7-4/h4-6H,2-3H2,1H3. The lowest BCUT2D eigenvalue weighted by molar-refractivity contribution is 0.225. The molecule has 0 aromatic rings. The second-order valence-corrected chi connectivity index (χ2v) is 3.82. The van der Waals surface area contributed by atoms with Gasteiger partial charge in [-0.05, 0) is 13.3 Å². The molecule has 1 heterocycles. The molecule has 2 N–H and O–H groups in total. The average Bonchev–Trinajstić information content (AvgIpc) is 1.82. The summed E-state index contributed by atoms with van der Waals surface area (Å²) in [5.41, 5.74) is 0. The number of hydrogen-bond donors (Lipinski definition) is 2. The molecule has 3 nitrogen and oxygen atoms in total. The van der Waals surface area contributed by atoms with Gasteiger partial charge < -0.3 is 9.11 Å². The van der Waals surface area contributed by atoms with E-state index in [1.807, 2.05) is 6.92 Å². The summed E-state index contributed by atoms with van der Waals surface area (Å²) < 4.78 is 22.3. The highest BCUT2D eigenvalue weighted by Gasteiger charge is 2.28. The van der Waals surface area contributed by atoms with Crippen LogP contribution in [0.2, 0.25) is 0 Å². The van der Waals surface area contributed by atoms with Crippen LogP contribution in [0.3, 0.4) is 0 Å². The molecule has 1 unspecified atom stereocenters. The van der Waals surface area contributed by atoms with E-state index in [1.165, 1.54) is 0 Å². The summed E-state index contributed by atoms with van der Waals surface area (Å²) in [4.78, 5) is 0. The van der Waals surface area contributed by atoms with Crippen LogP contribution >= 0.6 is 10.9 Å². The van der Waals surface area contributed by atoms with Crippen LogP contribution in [0, 0.1) is 0 Å². The summed E-state index contributed by atoms with van der Waals surface area (Å²) in [5.74, 6) is 0.411. The normalized spacial score (nSPS) is 39.6. The molecule has 0 aromatic heterocycles. The van der Waals surface area contributed by atoms with Crippen molar-refractivity contribution in [2.24, 2.45) is 0 Å². The van der Waals surface area contributed by atoms with Gasteiger partial charge in [0.05, 0.1) is 17.0 Å². The van der Waals surface area contributed by atoms with E-state index < -0.39 is 10.9 Å². The van der Waals surface area contributed by atoms with Crippen molar-refractivity contribution < 1.29 is 13.3 Å². The molecule has 0 amide bonds. The van der Waals surface area contributed by atoms with Gasteiger partial charge in [0.15, 0.2) is 0 Å². The second-order valence-electron chi connectivity index (χ2n) is 2.01. The first kappa shape index (κ1) is 6.35. The molecule has 1 aliphatic heterocycles. The molecule has 0 saturated carbocycles. The van der Waals surface area contributed by atoms with Crippen molar-refractivity contribution in [3.8, 4) is 0 Å². The minimum absolute atomic E-state index is 0.0278. The first-order chi connectivity index (χ1) is 3.60. The summed E-state index contributed by atoms with van der Waals surface area (Å²) in [6, 6.07) is 0. The molecule has 0 bridgehead atoms. The topological polar surface area (TPSA) is 49.7 Å². The molecule has 0 spiro atoms. The Bertz CT molecular complexity index is 93.3. The minimum Gasteiger partial charge on any atom is -0.308 e. The van der Waals surface area contributed by atoms with Gasteiger partial charge >= 0.3 is 0 Å². The van der Waals surface area contributed by atoms with E-state index in [0.717, 1.165) is 6.42 Å². The molecule has 0 aromatic carbocycles. The van der Waals surface area contributed by atoms with E-state index in [2.05, 4.69) is 0 Å². The predicted octanol–water partition coefficient (Wildman–Crippen LogP) is 1.46. The van der Waals surface area contributed by atoms with Gasteiger partial charge in [-0.2, -0.15) is 0 Å². The van der Waals surface area contributed by atoms with E-state index >= 15 is 0 Å². The van der Waals surface area contributed by atoms with Crippen molar-refractivity contribution in [1.82, 2.24) is 0 Å². The molecular weight excluding hydrogens is 128 g/mol. The van der Waals surface area contributed by atoms with Crippen LogP contribution in [0.5, 0.6) is 0 Å². The van der Waals surface area contributed by atoms with Crippen molar-refractivity contribution in [2.75, 3.05) is 5.75 Å². The third-order valence-electron chi connectivity index (χ3n) is 1.11. The molecule has 1 rings (SSSR count). The quantitative estimate of drug-likeness (QED) is 0.532. The van der Waals surface area contributed by atoms with Crippen LogP contribution in [-0.2, 0) is 4.18 Å². The van der Waals surface area contributed by atoms with E-state index in [9.17, 15) is 0 Å². The fourth-order valence-corrected chi connectivity index (χ4v) is 2.04. The molecular formula is C4H10O3S. The van der Waals surface area contributed by atoms with Crippen molar-refractivity contribution in [3.05, 3.63) is 0 Å². The first-order valence-electron chi connectivity index (χ1n) is 2.54. The zero-order valence-corrected chi connectivity index (χ0v) is 5.52. The van der Waals surface area contributed by atoms with Gasteiger partial charge in [0.2, 0.25) is 0 Å². The van der Waals surface area contributed by atoms with Crippen LogP contribution < -0.4 is 0 Å². The van der Waals surface area contributed by atoms with Gasteiger partial charge in [-0.25, -0.2) is 0 Å². The number of rotatable bonds is 0. The predicted molar refractivity (Wildman–Crippen MR) is 32.9 cm³/mol. The minimum atomic E-state index is -2.60. The van der Waals surface area contributed by atoms with E-state index in [-0.39, 0.29) is 6.10 Å². The van der Waals surface area contributed by atoms with Crippen molar-refractivity contribution in [2.45, 2.75) is 19.4 Å². The Hall–Kier alpha value is 0.230. The fraction of sp³-hybridized carbons (Fsp3) is 1.00. The summed E-state index contributed by atoms with van der Waals surface area (Å²) in [6.45, 7) is 1.83. The molecule has 1 aliphatic rings. The van der Waals surface area contributed by atoms with Gasteiger partial charge in [-0.1, -0.05) is 0 Å². The maximum absolute atomic E-state index is 8.78. The Balaban J connectivity index is 2.44. The smallest absolute Gasteiger partial charge is 0.0839 e.